The summed E-state index contributed by atoms with van der Waals surface area (Å²) < 4.78 is 9.66. The normalized spacial score (nSPS) is 10.7. The molecule has 0 unspecified atom stereocenters. The fourth-order valence-corrected chi connectivity index (χ4v) is 1.90. The fraction of sp³-hybridized carbons (Fsp3) is 0.389. The molecule has 0 aliphatic heterocycles. The highest BCUT2D eigenvalue weighted by Gasteiger charge is 2.27. The smallest absolute Gasteiger partial charge is 0.325 e. The van der Waals surface area contributed by atoms with E-state index in [0.29, 0.717) is 5.69 Å². The number of aliphatic imine (C=N–C) groups is 1. The van der Waals surface area contributed by atoms with Crippen LogP contribution in [0.3, 0.4) is 0 Å². The number of rotatable bonds is 7. The highest BCUT2D eigenvalue weighted by atomic mass is 16.6. The number of nitrogens with zero attached hydrogens (tertiary/aromatic N) is 2. The Morgan fingerprint density at radius 3 is 2.12 bits per heavy atom. The van der Waals surface area contributed by atoms with Gasteiger partial charge in [-0.3, -0.25) is 24.2 Å². The Hall–Kier alpha value is -3.03. The minimum atomic E-state index is -1.36. The summed E-state index contributed by atoms with van der Waals surface area (Å²) in [7, 11) is 1.57. The Labute approximate surface area is 151 Å². The lowest BCUT2D eigenvalue weighted by Crippen LogP contribution is -2.29. The second kappa shape index (κ2) is 10.1. The predicted octanol–water partition coefficient (Wildman–Crippen LogP) is 1.47. The maximum absolute atomic E-state index is 12.1. The molecular weight excluding hydrogens is 340 g/mol. The van der Waals surface area contributed by atoms with E-state index in [1.165, 1.54) is 30.0 Å². The summed E-state index contributed by atoms with van der Waals surface area (Å²) in [5, 5.41) is 0. The van der Waals surface area contributed by atoms with Gasteiger partial charge in [0.05, 0.1) is 13.2 Å². The van der Waals surface area contributed by atoms with E-state index in [2.05, 4.69) is 4.99 Å². The van der Waals surface area contributed by atoms with Gasteiger partial charge < -0.3 is 14.4 Å². The average Bonchev–Trinajstić information content (AvgIpc) is 2.77. The molecule has 8 heteroatoms. The van der Waals surface area contributed by atoms with E-state index < -0.39 is 23.3 Å². The Balaban J connectivity index is 3.18. The summed E-state index contributed by atoms with van der Waals surface area (Å²) in [6, 6.07) is 5.68. The third kappa shape index (κ3) is 5.80. The molecule has 0 N–H and O–H groups in total. The minimum Gasteiger partial charge on any atom is -0.465 e. The van der Waals surface area contributed by atoms with Gasteiger partial charge in [-0.1, -0.05) is 0 Å². The maximum atomic E-state index is 12.1. The van der Waals surface area contributed by atoms with E-state index in [4.69, 9.17) is 9.47 Å². The number of hydrogen-bond donors (Lipinski definition) is 0. The molecule has 1 aromatic rings. The van der Waals surface area contributed by atoms with Crippen LogP contribution in [0.2, 0.25) is 0 Å². The number of hydrogen-bond acceptors (Lipinski definition) is 7. The molecule has 0 aliphatic rings. The molecule has 0 bridgehead atoms. The molecule has 1 aromatic carbocycles. The summed E-state index contributed by atoms with van der Waals surface area (Å²) in [6.07, 6.45) is 1.03. The zero-order valence-corrected chi connectivity index (χ0v) is 15.2. The molecule has 0 saturated heterocycles. The number of esters is 2. The van der Waals surface area contributed by atoms with Crippen molar-refractivity contribution in [1.82, 2.24) is 0 Å². The Kier molecular flexibility index (Phi) is 8.14. The van der Waals surface area contributed by atoms with Gasteiger partial charge in [-0.05, 0) is 38.1 Å². The van der Waals surface area contributed by atoms with Crippen molar-refractivity contribution in [3.63, 3.8) is 0 Å². The van der Waals surface area contributed by atoms with Crippen molar-refractivity contribution in [3.05, 3.63) is 34.5 Å². The van der Waals surface area contributed by atoms with Crippen molar-refractivity contribution in [3.8, 4) is 0 Å². The summed E-state index contributed by atoms with van der Waals surface area (Å²) in [6.45, 7) is 4.80. The van der Waals surface area contributed by atoms with Gasteiger partial charge in [-0.15, -0.1) is 0 Å². The van der Waals surface area contributed by atoms with Crippen LogP contribution in [0, 0.1) is 5.92 Å². The summed E-state index contributed by atoms with van der Waals surface area (Å²) in [5.74, 6) is -3.17. The third-order valence-corrected chi connectivity index (χ3v) is 3.37. The van der Waals surface area contributed by atoms with E-state index in [-0.39, 0.29) is 24.8 Å². The number of anilines is 1. The van der Waals surface area contributed by atoms with E-state index in [1.807, 2.05) is 0 Å². The van der Waals surface area contributed by atoms with Crippen LogP contribution in [-0.4, -0.2) is 44.3 Å². The van der Waals surface area contributed by atoms with Crippen LogP contribution < -0.4 is 10.3 Å². The molecule has 0 heterocycles. The van der Waals surface area contributed by atoms with E-state index in [9.17, 15) is 19.2 Å². The maximum Gasteiger partial charge on any atom is 0.325 e. The summed E-state index contributed by atoms with van der Waals surface area (Å²) in [5.41, 5.74) is 0.0751. The van der Waals surface area contributed by atoms with Gasteiger partial charge >= 0.3 is 11.9 Å². The fourth-order valence-electron chi connectivity index (χ4n) is 1.90. The van der Waals surface area contributed by atoms with Gasteiger partial charge in [-0.25, -0.2) is 0 Å². The van der Waals surface area contributed by atoms with Crippen LogP contribution in [0.25, 0.3) is 0 Å². The molecule has 0 saturated carbocycles. The molecule has 1 rings (SSSR count). The topological polar surface area (TPSA) is 102 Å². The van der Waals surface area contributed by atoms with Crippen LogP contribution in [0.5, 0.6) is 0 Å². The molecule has 8 nitrogen and oxygen atoms in total. The van der Waals surface area contributed by atoms with Crippen molar-refractivity contribution in [2.24, 2.45) is 10.9 Å². The first-order valence-corrected chi connectivity index (χ1v) is 8.07. The lowest BCUT2D eigenvalue weighted by atomic mass is 10.2. The van der Waals surface area contributed by atoms with Gasteiger partial charge in [0.15, 0.2) is 5.92 Å². The second-order valence-electron chi connectivity index (χ2n) is 5.18. The highest BCUT2D eigenvalue weighted by Crippen LogP contribution is 2.14. The van der Waals surface area contributed by atoms with Gasteiger partial charge in [0, 0.05) is 25.9 Å². The van der Waals surface area contributed by atoms with Crippen molar-refractivity contribution in [2.45, 2.75) is 20.8 Å². The largest absolute Gasteiger partial charge is 0.465 e. The minimum absolute atomic E-state index is 0.00630. The van der Waals surface area contributed by atoms with E-state index in [0.717, 1.165) is 6.21 Å². The van der Waals surface area contributed by atoms with Crippen LogP contribution in [0.1, 0.15) is 20.8 Å². The molecule has 0 radical (unpaired) electrons. The standard InChI is InChI=1S/C18H22N2O6/c1-5-25-17(23)14(18(24)26-6-2)11-19-15-9-7-13(8-10-16(15)22)20(4)12(3)21/h7-11,14H,5-6H2,1-4H3. The first kappa shape index (κ1) is 21.0. The first-order chi connectivity index (χ1) is 12.3. The summed E-state index contributed by atoms with van der Waals surface area (Å²) >= 11 is 0. The van der Waals surface area contributed by atoms with Crippen molar-refractivity contribution < 1.29 is 23.9 Å². The summed E-state index contributed by atoms with van der Waals surface area (Å²) in [4.78, 5) is 52.7. The van der Waals surface area contributed by atoms with Crippen LogP contribution in [0.15, 0.2) is 34.1 Å². The van der Waals surface area contributed by atoms with Crippen molar-refractivity contribution >= 4 is 35.4 Å². The molecule has 0 aromatic heterocycles. The zero-order valence-electron chi connectivity index (χ0n) is 15.2. The molecule has 0 fully saturated rings. The Bertz CT molecular complexity index is 741. The van der Waals surface area contributed by atoms with Crippen LogP contribution >= 0.6 is 0 Å². The number of carbonyl (C=O) groups excluding carboxylic acids is 3. The molecular formula is C18H22N2O6. The monoisotopic (exact) mass is 362 g/mol. The van der Waals surface area contributed by atoms with Gasteiger partial charge in [0.25, 0.3) is 0 Å². The Morgan fingerprint density at radius 2 is 1.62 bits per heavy atom. The van der Waals surface area contributed by atoms with E-state index in [1.54, 1.807) is 27.0 Å². The second-order valence-corrected chi connectivity index (χ2v) is 5.18. The number of ether oxygens (including phenoxy) is 2. The third-order valence-electron chi connectivity index (χ3n) is 3.37. The lowest BCUT2D eigenvalue weighted by Gasteiger charge is -2.12. The molecule has 140 valence electrons. The van der Waals surface area contributed by atoms with Crippen molar-refractivity contribution in [1.29, 1.82) is 0 Å². The van der Waals surface area contributed by atoms with E-state index >= 15 is 0 Å². The number of carbonyl (C=O) groups is 3. The molecule has 26 heavy (non-hydrogen) atoms. The molecule has 1 amide bonds. The first-order valence-electron chi connectivity index (χ1n) is 8.07. The van der Waals surface area contributed by atoms with Gasteiger partial charge in [-0.2, -0.15) is 0 Å². The highest BCUT2D eigenvalue weighted by molar-refractivity contribution is 6.09. The number of amides is 1. The van der Waals surface area contributed by atoms with Crippen LogP contribution in [0.4, 0.5) is 11.4 Å². The predicted molar refractivity (Wildman–Crippen MR) is 96.7 cm³/mol. The zero-order chi connectivity index (χ0) is 19.7. The molecule has 0 atom stereocenters. The lowest BCUT2D eigenvalue weighted by molar-refractivity contribution is -0.157. The van der Waals surface area contributed by atoms with Gasteiger partial charge in [0.1, 0.15) is 5.69 Å². The SMILES string of the molecule is CCOC(=O)C(C=Nc1ccc(N(C)C(C)=O)ccc1=O)C(=O)OCC. The average molecular weight is 362 g/mol. The quantitative estimate of drug-likeness (QED) is 0.413. The van der Waals surface area contributed by atoms with Crippen molar-refractivity contribution in [2.75, 3.05) is 25.2 Å². The molecule has 0 aliphatic carbocycles. The van der Waals surface area contributed by atoms with Crippen LogP contribution in [-0.2, 0) is 23.9 Å². The molecule has 0 spiro atoms. The Morgan fingerprint density at radius 1 is 1.08 bits per heavy atom. The van der Waals surface area contributed by atoms with Gasteiger partial charge in [0.2, 0.25) is 11.3 Å².